The van der Waals surface area contributed by atoms with Gasteiger partial charge in [-0.2, -0.15) is 18.2 Å². The van der Waals surface area contributed by atoms with Gasteiger partial charge in [0.25, 0.3) is 0 Å². The highest BCUT2D eigenvalue weighted by Crippen LogP contribution is 2.29. The van der Waals surface area contributed by atoms with E-state index in [4.69, 9.17) is 4.52 Å². The van der Waals surface area contributed by atoms with Crippen LogP contribution in [0.5, 0.6) is 0 Å². The Morgan fingerprint density at radius 3 is 2.78 bits per heavy atom. The fourth-order valence-corrected chi connectivity index (χ4v) is 1.28. The lowest BCUT2D eigenvalue weighted by molar-refractivity contribution is -0.137. The first-order valence-corrected chi connectivity index (χ1v) is 5.01. The van der Waals surface area contributed by atoms with E-state index in [0.29, 0.717) is 5.82 Å². The summed E-state index contributed by atoms with van der Waals surface area (Å²) in [5.74, 6) is 0.844. The van der Waals surface area contributed by atoms with Gasteiger partial charge in [-0.05, 0) is 19.1 Å². The minimum atomic E-state index is -4.39. The second-order valence-electron chi connectivity index (χ2n) is 3.52. The highest BCUT2D eigenvalue weighted by atomic mass is 19.4. The van der Waals surface area contributed by atoms with Crippen LogP contribution in [0.4, 0.5) is 19.0 Å². The molecule has 0 atom stereocenters. The molecule has 1 N–H and O–H groups in total. The molecule has 0 fully saturated rings. The van der Waals surface area contributed by atoms with Crippen LogP contribution in [0.15, 0.2) is 22.9 Å². The number of halogens is 3. The predicted octanol–water partition coefficient (Wildman–Crippen LogP) is 2.40. The Labute approximate surface area is 100 Å². The highest BCUT2D eigenvalue weighted by Gasteiger charge is 2.30. The lowest BCUT2D eigenvalue weighted by Crippen LogP contribution is -2.07. The zero-order chi connectivity index (χ0) is 13.2. The third-order valence-electron chi connectivity index (χ3n) is 2.08. The molecule has 2 rings (SSSR count). The van der Waals surface area contributed by atoms with Gasteiger partial charge in [0.2, 0.25) is 5.89 Å². The normalized spacial score (nSPS) is 11.6. The molecule has 0 spiro atoms. The summed E-state index contributed by atoms with van der Waals surface area (Å²) < 4.78 is 42.1. The fourth-order valence-electron chi connectivity index (χ4n) is 1.28. The summed E-state index contributed by atoms with van der Waals surface area (Å²) in [6.45, 7) is 1.77. The highest BCUT2D eigenvalue weighted by molar-refractivity contribution is 5.38. The first kappa shape index (κ1) is 12.3. The molecule has 0 saturated heterocycles. The van der Waals surface area contributed by atoms with Crippen molar-refractivity contribution in [3.8, 4) is 0 Å². The van der Waals surface area contributed by atoms with Crippen LogP contribution >= 0.6 is 0 Å². The van der Waals surface area contributed by atoms with Gasteiger partial charge < -0.3 is 9.84 Å². The van der Waals surface area contributed by atoms with Gasteiger partial charge in [-0.15, -0.1) is 0 Å². The number of nitrogens with zero attached hydrogens (tertiary/aromatic N) is 3. The maximum atomic E-state index is 12.4. The van der Waals surface area contributed by atoms with Gasteiger partial charge in [0.15, 0.2) is 5.82 Å². The third-order valence-corrected chi connectivity index (χ3v) is 2.08. The zero-order valence-electron chi connectivity index (χ0n) is 9.32. The lowest BCUT2D eigenvalue weighted by Gasteiger charge is -2.08. The van der Waals surface area contributed by atoms with Crippen molar-refractivity contribution in [3.05, 3.63) is 35.6 Å². The Morgan fingerprint density at radius 2 is 2.17 bits per heavy atom. The van der Waals surface area contributed by atoms with Crippen molar-refractivity contribution in [2.45, 2.75) is 19.6 Å². The largest absolute Gasteiger partial charge is 0.416 e. The summed E-state index contributed by atoms with van der Waals surface area (Å²) >= 11 is 0. The van der Waals surface area contributed by atoms with E-state index >= 15 is 0 Å². The van der Waals surface area contributed by atoms with E-state index in [1.54, 1.807) is 6.92 Å². The van der Waals surface area contributed by atoms with Gasteiger partial charge in [-0.3, -0.25) is 0 Å². The average molecular weight is 258 g/mol. The predicted molar refractivity (Wildman–Crippen MR) is 55.6 cm³/mol. The number of rotatable bonds is 3. The quantitative estimate of drug-likeness (QED) is 0.915. The van der Waals surface area contributed by atoms with Crippen LogP contribution < -0.4 is 5.32 Å². The number of aryl methyl sites for hydroxylation is 1. The zero-order valence-corrected chi connectivity index (χ0v) is 9.32. The first-order valence-electron chi connectivity index (χ1n) is 5.01. The number of hydrogen-bond acceptors (Lipinski definition) is 5. The molecule has 5 nitrogen and oxygen atoms in total. The molecule has 0 aromatic carbocycles. The summed E-state index contributed by atoms with van der Waals surface area (Å²) in [7, 11) is 0. The van der Waals surface area contributed by atoms with Crippen LogP contribution in [-0.2, 0) is 12.7 Å². The number of hydrogen-bond donors (Lipinski definition) is 1. The summed E-state index contributed by atoms with van der Waals surface area (Å²) in [5.41, 5.74) is -0.762. The summed E-state index contributed by atoms with van der Waals surface area (Å²) in [5, 5.41) is 6.24. The number of nitrogens with one attached hydrogen (secondary N) is 1. The minimum absolute atomic E-state index is 0.0979. The molecule has 0 aliphatic rings. The maximum Gasteiger partial charge on any atom is 0.416 e. The van der Waals surface area contributed by atoms with Gasteiger partial charge in [0.1, 0.15) is 5.82 Å². The molecule has 0 bridgehead atoms. The molecule has 0 aliphatic heterocycles. The van der Waals surface area contributed by atoms with Crippen LogP contribution in [0.2, 0.25) is 0 Å². The average Bonchev–Trinajstić information content (AvgIpc) is 2.72. The van der Waals surface area contributed by atoms with Crippen molar-refractivity contribution in [2.24, 2.45) is 0 Å². The molecular weight excluding hydrogens is 249 g/mol. The minimum Gasteiger partial charge on any atom is -0.361 e. The molecule has 0 saturated carbocycles. The molecule has 96 valence electrons. The van der Waals surface area contributed by atoms with E-state index in [9.17, 15) is 13.2 Å². The standard InChI is InChI=1S/C10H9F3N4O/c1-6-16-9(18-17-6)5-15-8-4-7(2-3-14-8)10(11,12)13/h2-4H,5H2,1H3,(H,14,15). The van der Waals surface area contributed by atoms with Gasteiger partial charge >= 0.3 is 6.18 Å². The molecule has 2 aromatic rings. The summed E-state index contributed by atoms with van der Waals surface area (Å²) in [4.78, 5) is 7.68. The van der Waals surface area contributed by atoms with E-state index in [2.05, 4.69) is 20.4 Å². The van der Waals surface area contributed by atoms with Crippen molar-refractivity contribution in [3.63, 3.8) is 0 Å². The van der Waals surface area contributed by atoms with Crippen LogP contribution in [0.3, 0.4) is 0 Å². The number of aromatic nitrogens is 3. The molecule has 2 heterocycles. The van der Waals surface area contributed by atoms with Gasteiger partial charge in [-0.25, -0.2) is 4.98 Å². The Bertz CT molecular complexity index is 538. The molecular formula is C10H9F3N4O. The number of anilines is 1. The van der Waals surface area contributed by atoms with E-state index in [1.807, 2.05) is 0 Å². The molecule has 0 unspecified atom stereocenters. The van der Waals surface area contributed by atoms with Crippen molar-refractivity contribution in [1.82, 2.24) is 15.1 Å². The monoisotopic (exact) mass is 258 g/mol. The first-order chi connectivity index (χ1) is 8.45. The van der Waals surface area contributed by atoms with Crippen molar-refractivity contribution in [2.75, 3.05) is 5.32 Å². The number of pyridine rings is 1. The van der Waals surface area contributed by atoms with Crippen molar-refractivity contribution in [1.29, 1.82) is 0 Å². The van der Waals surface area contributed by atoms with Crippen molar-refractivity contribution >= 4 is 5.82 Å². The fraction of sp³-hybridized carbons (Fsp3) is 0.300. The second-order valence-corrected chi connectivity index (χ2v) is 3.52. The molecule has 8 heteroatoms. The topological polar surface area (TPSA) is 63.8 Å². The SMILES string of the molecule is Cc1noc(CNc2cc(C(F)(F)F)ccn2)n1. The van der Waals surface area contributed by atoms with Gasteiger partial charge in [0, 0.05) is 6.20 Å². The van der Waals surface area contributed by atoms with Crippen molar-refractivity contribution < 1.29 is 17.7 Å². The van der Waals surface area contributed by atoms with E-state index in [-0.39, 0.29) is 18.3 Å². The van der Waals surface area contributed by atoms with E-state index in [1.165, 1.54) is 0 Å². The smallest absolute Gasteiger partial charge is 0.361 e. The van der Waals surface area contributed by atoms with Crippen LogP contribution in [0.1, 0.15) is 17.3 Å². The second kappa shape index (κ2) is 4.63. The van der Waals surface area contributed by atoms with E-state index in [0.717, 1.165) is 18.3 Å². The van der Waals surface area contributed by atoms with Gasteiger partial charge in [-0.1, -0.05) is 5.16 Å². The molecule has 18 heavy (non-hydrogen) atoms. The molecule has 2 aromatic heterocycles. The Hall–Kier alpha value is -2.12. The molecule has 0 radical (unpaired) electrons. The van der Waals surface area contributed by atoms with Crippen LogP contribution in [-0.4, -0.2) is 15.1 Å². The van der Waals surface area contributed by atoms with E-state index < -0.39 is 11.7 Å². The number of alkyl halides is 3. The van der Waals surface area contributed by atoms with Crippen LogP contribution in [0, 0.1) is 6.92 Å². The maximum absolute atomic E-state index is 12.4. The Balaban J connectivity index is 2.06. The lowest BCUT2D eigenvalue weighted by atomic mass is 10.2. The molecule has 0 aliphatic carbocycles. The van der Waals surface area contributed by atoms with Crippen LogP contribution in [0.25, 0.3) is 0 Å². The summed E-state index contributed by atoms with van der Waals surface area (Å²) in [6.07, 6.45) is -3.30. The molecule has 0 amide bonds. The van der Waals surface area contributed by atoms with Gasteiger partial charge in [0.05, 0.1) is 12.1 Å². The Morgan fingerprint density at radius 1 is 1.39 bits per heavy atom. The Kier molecular flexibility index (Phi) is 3.17. The third kappa shape index (κ3) is 2.96. The summed E-state index contributed by atoms with van der Waals surface area (Å²) in [6, 6.07) is 1.82.